The third kappa shape index (κ3) is 2.28. The number of hydrogen-bond acceptors (Lipinski definition) is 5. The van der Waals surface area contributed by atoms with Gasteiger partial charge in [-0.1, -0.05) is 0 Å². The Labute approximate surface area is 137 Å². The van der Waals surface area contributed by atoms with Crippen LogP contribution in [0.5, 0.6) is 5.75 Å². The molecule has 0 radical (unpaired) electrons. The smallest absolute Gasteiger partial charge is 0.274 e. The number of hydrogen-bond donors (Lipinski definition) is 1. The van der Waals surface area contributed by atoms with Gasteiger partial charge in [-0.3, -0.25) is 4.79 Å². The number of aryl methyl sites for hydroxylation is 1. The largest absolute Gasteiger partial charge is 0.505 e. The molecule has 6 nitrogen and oxygen atoms in total. The fourth-order valence-corrected chi connectivity index (χ4v) is 4.23. The number of aromatic nitrogens is 3. The molecule has 7 heteroatoms. The topological polar surface area (TPSA) is 70.7 Å². The lowest BCUT2D eigenvalue weighted by Gasteiger charge is -2.33. The maximum absolute atomic E-state index is 12.8. The zero-order valence-electron chi connectivity index (χ0n) is 12.9. The molecule has 23 heavy (non-hydrogen) atoms. The predicted octanol–water partition coefficient (Wildman–Crippen LogP) is 2.56. The molecule has 0 aliphatic carbocycles. The molecule has 1 unspecified atom stereocenters. The van der Waals surface area contributed by atoms with E-state index in [9.17, 15) is 9.90 Å². The molecule has 0 aromatic carbocycles. The van der Waals surface area contributed by atoms with Crippen molar-refractivity contribution in [3.8, 4) is 5.75 Å². The van der Waals surface area contributed by atoms with E-state index in [1.54, 1.807) is 6.07 Å². The predicted molar refractivity (Wildman–Crippen MR) is 86.9 cm³/mol. The molecule has 0 saturated carbocycles. The van der Waals surface area contributed by atoms with Gasteiger partial charge in [-0.05, 0) is 31.9 Å². The lowest BCUT2D eigenvalue weighted by Crippen LogP contribution is -2.38. The SMILES string of the molecule is Cc1cc2c(s1)CCN(C(=O)c1cc3ncc(O)cn3n1)C2C. The molecule has 0 saturated heterocycles. The first-order chi connectivity index (χ1) is 11.0. The second-order valence-electron chi connectivity index (χ2n) is 5.80. The van der Waals surface area contributed by atoms with Gasteiger partial charge in [-0.25, -0.2) is 9.50 Å². The van der Waals surface area contributed by atoms with Gasteiger partial charge in [0.05, 0.1) is 18.4 Å². The summed E-state index contributed by atoms with van der Waals surface area (Å²) in [4.78, 5) is 21.4. The van der Waals surface area contributed by atoms with Crippen LogP contribution in [0.4, 0.5) is 0 Å². The quantitative estimate of drug-likeness (QED) is 0.745. The normalized spacial score (nSPS) is 17.5. The minimum Gasteiger partial charge on any atom is -0.505 e. The molecule has 3 aromatic heterocycles. The van der Waals surface area contributed by atoms with Crippen LogP contribution >= 0.6 is 11.3 Å². The highest BCUT2D eigenvalue weighted by atomic mass is 32.1. The van der Waals surface area contributed by atoms with E-state index < -0.39 is 0 Å². The highest BCUT2D eigenvalue weighted by Crippen LogP contribution is 2.35. The second kappa shape index (κ2) is 5.06. The number of fused-ring (bicyclic) bond motifs is 2. The van der Waals surface area contributed by atoms with E-state index in [-0.39, 0.29) is 17.7 Å². The van der Waals surface area contributed by atoms with Crippen molar-refractivity contribution in [2.24, 2.45) is 0 Å². The Morgan fingerprint density at radius 1 is 1.43 bits per heavy atom. The Morgan fingerprint density at radius 3 is 3.09 bits per heavy atom. The third-order valence-electron chi connectivity index (χ3n) is 4.24. The summed E-state index contributed by atoms with van der Waals surface area (Å²) in [6.07, 6.45) is 3.67. The summed E-state index contributed by atoms with van der Waals surface area (Å²) < 4.78 is 1.43. The van der Waals surface area contributed by atoms with E-state index in [1.165, 1.54) is 32.2 Å². The van der Waals surface area contributed by atoms with Gasteiger partial charge in [-0.15, -0.1) is 11.3 Å². The van der Waals surface area contributed by atoms with Crippen molar-refractivity contribution in [3.05, 3.63) is 45.5 Å². The highest BCUT2D eigenvalue weighted by Gasteiger charge is 2.30. The van der Waals surface area contributed by atoms with Crippen LogP contribution in [-0.4, -0.2) is 37.1 Å². The molecule has 4 heterocycles. The number of thiophene rings is 1. The second-order valence-corrected chi connectivity index (χ2v) is 7.15. The Kier molecular flexibility index (Phi) is 3.12. The van der Waals surface area contributed by atoms with Crippen molar-refractivity contribution < 1.29 is 9.90 Å². The van der Waals surface area contributed by atoms with Gasteiger partial charge in [-0.2, -0.15) is 5.10 Å². The van der Waals surface area contributed by atoms with Gasteiger partial charge < -0.3 is 10.0 Å². The molecule has 3 aromatic rings. The number of carbonyl (C=O) groups is 1. The lowest BCUT2D eigenvalue weighted by atomic mass is 10.0. The van der Waals surface area contributed by atoms with E-state index in [1.807, 2.05) is 16.2 Å². The summed E-state index contributed by atoms with van der Waals surface area (Å²) >= 11 is 1.81. The average Bonchev–Trinajstić information content (AvgIpc) is 3.09. The molecule has 1 aliphatic rings. The number of amides is 1. The monoisotopic (exact) mass is 328 g/mol. The molecule has 4 rings (SSSR count). The van der Waals surface area contributed by atoms with Crippen molar-refractivity contribution in [1.82, 2.24) is 19.5 Å². The van der Waals surface area contributed by atoms with Crippen LogP contribution in [0.1, 0.15) is 38.8 Å². The van der Waals surface area contributed by atoms with Crippen molar-refractivity contribution in [1.29, 1.82) is 0 Å². The van der Waals surface area contributed by atoms with Crippen molar-refractivity contribution >= 4 is 22.9 Å². The molecule has 0 spiro atoms. The summed E-state index contributed by atoms with van der Waals surface area (Å²) in [5.74, 6) is -0.0821. The van der Waals surface area contributed by atoms with E-state index in [0.29, 0.717) is 17.9 Å². The van der Waals surface area contributed by atoms with Crippen LogP contribution in [0.25, 0.3) is 5.65 Å². The summed E-state index contributed by atoms with van der Waals surface area (Å²) in [7, 11) is 0. The van der Waals surface area contributed by atoms with Crippen LogP contribution in [0.3, 0.4) is 0 Å². The minimum absolute atomic E-state index is 0.0179. The Bertz CT molecular complexity index is 914. The van der Waals surface area contributed by atoms with Crippen molar-refractivity contribution in [2.75, 3.05) is 6.54 Å². The van der Waals surface area contributed by atoms with Gasteiger partial charge in [0.2, 0.25) is 0 Å². The summed E-state index contributed by atoms with van der Waals surface area (Å²) in [6.45, 7) is 4.85. The summed E-state index contributed by atoms with van der Waals surface area (Å²) in [5, 5.41) is 13.7. The Balaban J connectivity index is 1.68. The molecule has 0 bridgehead atoms. The van der Waals surface area contributed by atoms with Gasteiger partial charge in [0.15, 0.2) is 17.1 Å². The zero-order valence-corrected chi connectivity index (χ0v) is 13.7. The Morgan fingerprint density at radius 2 is 2.26 bits per heavy atom. The van der Waals surface area contributed by atoms with Gasteiger partial charge in [0.25, 0.3) is 5.91 Å². The lowest BCUT2D eigenvalue weighted by molar-refractivity contribution is 0.0673. The number of nitrogens with zero attached hydrogens (tertiary/aromatic N) is 4. The number of rotatable bonds is 1. The Hall–Kier alpha value is -2.41. The number of aromatic hydroxyl groups is 1. The molecule has 1 amide bonds. The standard InChI is InChI=1S/C16H16N4O2S/c1-9-5-12-10(2)19(4-3-14(12)23-9)16(22)13-6-15-17-7-11(21)8-20(15)18-13/h5-8,10,21H,3-4H2,1-2H3. The van der Waals surface area contributed by atoms with Crippen LogP contribution in [0.2, 0.25) is 0 Å². The molecule has 1 aliphatic heterocycles. The summed E-state index contributed by atoms with van der Waals surface area (Å²) in [5.41, 5.74) is 2.14. The van der Waals surface area contributed by atoms with Gasteiger partial charge in [0, 0.05) is 22.4 Å². The van der Waals surface area contributed by atoms with E-state index in [2.05, 4.69) is 30.0 Å². The molecule has 1 atom stereocenters. The van der Waals surface area contributed by atoms with Crippen molar-refractivity contribution in [2.45, 2.75) is 26.3 Å². The average molecular weight is 328 g/mol. The maximum atomic E-state index is 12.8. The summed E-state index contributed by atoms with van der Waals surface area (Å²) in [6, 6.07) is 3.87. The van der Waals surface area contributed by atoms with E-state index >= 15 is 0 Å². The first-order valence-electron chi connectivity index (χ1n) is 7.47. The van der Waals surface area contributed by atoms with Crippen LogP contribution in [0, 0.1) is 6.92 Å². The molecule has 0 fully saturated rings. The molecular weight excluding hydrogens is 312 g/mol. The zero-order chi connectivity index (χ0) is 16.1. The molecule has 118 valence electrons. The van der Waals surface area contributed by atoms with Crippen molar-refractivity contribution in [3.63, 3.8) is 0 Å². The minimum atomic E-state index is -0.100. The first-order valence-corrected chi connectivity index (χ1v) is 8.29. The van der Waals surface area contributed by atoms with E-state index in [0.717, 1.165) is 6.42 Å². The van der Waals surface area contributed by atoms with Crippen LogP contribution in [-0.2, 0) is 6.42 Å². The fourth-order valence-electron chi connectivity index (χ4n) is 3.11. The molecular formula is C16H16N4O2S. The number of carbonyl (C=O) groups excluding carboxylic acids is 1. The van der Waals surface area contributed by atoms with Gasteiger partial charge in [0.1, 0.15) is 0 Å². The third-order valence-corrected chi connectivity index (χ3v) is 5.37. The van der Waals surface area contributed by atoms with E-state index in [4.69, 9.17) is 0 Å². The van der Waals surface area contributed by atoms with Gasteiger partial charge >= 0.3 is 0 Å². The fraction of sp³-hybridized carbons (Fsp3) is 0.312. The first kappa shape index (κ1) is 14.2. The maximum Gasteiger partial charge on any atom is 0.274 e. The van der Waals surface area contributed by atoms with Crippen LogP contribution < -0.4 is 0 Å². The van der Waals surface area contributed by atoms with Crippen LogP contribution in [0.15, 0.2) is 24.5 Å². The highest BCUT2D eigenvalue weighted by molar-refractivity contribution is 7.12. The molecule has 1 N–H and O–H groups in total.